The zero-order chi connectivity index (χ0) is 15.5. The van der Waals surface area contributed by atoms with Gasteiger partial charge in [-0.3, -0.25) is 4.72 Å². The fourth-order valence-electron chi connectivity index (χ4n) is 2.66. The molecule has 21 heavy (non-hydrogen) atoms. The van der Waals surface area contributed by atoms with Crippen LogP contribution in [0, 0.1) is 11.7 Å². The van der Waals surface area contributed by atoms with Crippen LogP contribution >= 0.6 is 12.2 Å². The van der Waals surface area contributed by atoms with Gasteiger partial charge in [0.2, 0.25) is 10.0 Å². The second-order valence-corrected chi connectivity index (χ2v) is 7.65. The lowest BCUT2D eigenvalue weighted by atomic mass is 9.91. The largest absolute Gasteiger partial charge is 0.389 e. The Morgan fingerprint density at radius 3 is 2.62 bits per heavy atom. The van der Waals surface area contributed by atoms with Gasteiger partial charge in [-0.1, -0.05) is 31.5 Å². The topological polar surface area (TPSA) is 72.2 Å². The van der Waals surface area contributed by atoms with Gasteiger partial charge in [0.15, 0.2) is 0 Å². The number of hydrogen-bond donors (Lipinski definition) is 2. The molecule has 0 amide bonds. The van der Waals surface area contributed by atoms with E-state index in [0.717, 1.165) is 31.7 Å². The highest BCUT2D eigenvalue weighted by molar-refractivity contribution is 7.92. The molecule has 0 bridgehead atoms. The lowest BCUT2D eigenvalue weighted by Crippen LogP contribution is -2.24. The maximum atomic E-state index is 13.5. The van der Waals surface area contributed by atoms with E-state index >= 15 is 0 Å². The predicted molar refractivity (Wildman–Crippen MR) is 86.3 cm³/mol. The Balaban J connectivity index is 2.09. The van der Waals surface area contributed by atoms with Gasteiger partial charge in [-0.05, 0) is 37.0 Å². The van der Waals surface area contributed by atoms with E-state index in [9.17, 15) is 12.8 Å². The maximum Gasteiger partial charge on any atom is 0.232 e. The van der Waals surface area contributed by atoms with Crippen LogP contribution in [0.15, 0.2) is 18.2 Å². The second kappa shape index (κ2) is 6.70. The van der Waals surface area contributed by atoms with Gasteiger partial charge < -0.3 is 5.73 Å². The number of sulfonamides is 1. The normalized spacial score (nSPS) is 16.6. The molecule has 116 valence electrons. The predicted octanol–water partition coefficient (Wildman–Crippen LogP) is 2.78. The third-order valence-electron chi connectivity index (χ3n) is 3.69. The Labute approximate surface area is 130 Å². The van der Waals surface area contributed by atoms with Crippen LogP contribution in [0.4, 0.5) is 10.1 Å². The molecule has 1 aliphatic rings. The summed E-state index contributed by atoms with van der Waals surface area (Å²) in [6, 6.07) is 3.86. The molecule has 0 saturated heterocycles. The van der Waals surface area contributed by atoms with Crippen LogP contribution in [0.2, 0.25) is 0 Å². The molecule has 1 fully saturated rings. The molecule has 1 aromatic carbocycles. The van der Waals surface area contributed by atoms with Crippen LogP contribution in [-0.4, -0.2) is 19.2 Å². The molecule has 2 rings (SSSR count). The van der Waals surface area contributed by atoms with E-state index in [-0.39, 0.29) is 27.9 Å². The molecule has 0 aromatic heterocycles. The van der Waals surface area contributed by atoms with Crippen molar-refractivity contribution in [1.82, 2.24) is 0 Å². The smallest absolute Gasteiger partial charge is 0.232 e. The van der Waals surface area contributed by atoms with Gasteiger partial charge in [0.1, 0.15) is 10.8 Å². The number of thiocarbonyl (C=S) groups is 1. The summed E-state index contributed by atoms with van der Waals surface area (Å²) in [5, 5.41) is 0. The summed E-state index contributed by atoms with van der Waals surface area (Å²) in [6.45, 7) is 0. The summed E-state index contributed by atoms with van der Waals surface area (Å²) in [5.41, 5.74) is 5.74. The van der Waals surface area contributed by atoms with Crippen LogP contribution in [0.3, 0.4) is 0 Å². The summed E-state index contributed by atoms with van der Waals surface area (Å²) >= 11 is 4.74. The van der Waals surface area contributed by atoms with Crippen LogP contribution in [0.25, 0.3) is 0 Å². The number of nitrogens with two attached hydrogens (primary N) is 1. The van der Waals surface area contributed by atoms with Gasteiger partial charge in [-0.2, -0.15) is 0 Å². The number of benzene rings is 1. The summed E-state index contributed by atoms with van der Waals surface area (Å²) in [6.07, 6.45) is 5.24. The summed E-state index contributed by atoms with van der Waals surface area (Å²) in [5.74, 6) is -0.253. The minimum absolute atomic E-state index is 0.0443. The Bertz CT molecular complexity index is 626. The number of anilines is 1. The number of rotatable bonds is 5. The highest BCUT2D eigenvalue weighted by atomic mass is 32.2. The van der Waals surface area contributed by atoms with E-state index in [1.165, 1.54) is 18.6 Å². The van der Waals surface area contributed by atoms with Crippen molar-refractivity contribution < 1.29 is 12.8 Å². The molecule has 0 unspecified atom stereocenters. The van der Waals surface area contributed by atoms with Crippen molar-refractivity contribution in [3.8, 4) is 0 Å². The summed E-state index contributed by atoms with van der Waals surface area (Å²) in [4.78, 5) is -0.0965. The van der Waals surface area contributed by atoms with Crippen molar-refractivity contribution in [3.05, 3.63) is 29.6 Å². The lowest BCUT2D eigenvalue weighted by Gasteiger charge is -2.21. The zero-order valence-electron chi connectivity index (χ0n) is 11.6. The van der Waals surface area contributed by atoms with Gasteiger partial charge in [0.05, 0.1) is 5.75 Å². The SMILES string of the molecule is NC(=S)c1cc(NS(=O)(=O)CC2CCCCC2)ccc1F. The monoisotopic (exact) mass is 330 g/mol. The van der Waals surface area contributed by atoms with Gasteiger partial charge in [-0.25, -0.2) is 12.8 Å². The Morgan fingerprint density at radius 2 is 2.00 bits per heavy atom. The number of nitrogens with one attached hydrogen (secondary N) is 1. The quantitative estimate of drug-likeness (QED) is 0.814. The molecule has 1 saturated carbocycles. The van der Waals surface area contributed by atoms with E-state index in [2.05, 4.69) is 4.72 Å². The number of hydrogen-bond acceptors (Lipinski definition) is 3. The molecule has 7 heteroatoms. The first kappa shape index (κ1) is 16.2. The van der Waals surface area contributed by atoms with Crippen molar-refractivity contribution >= 4 is 32.9 Å². The molecule has 0 spiro atoms. The molecule has 0 heterocycles. The van der Waals surface area contributed by atoms with E-state index in [1.54, 1.807) is 0 Å². The number of halogens is 1. The zero-order valence-corrected chi connectivity index (χ0v) is 13.3. The fraction of sp³-hybridized carbons (Fsp3) is 0.500. The molecule has 0 atom stereocenters. The first-order valence-electron chi connectivity index (χ1n) is 6.97. The Morgan fingerprint density at radius 1 is 1.33 bits per heavy atom. The third kappa shape index (κ3) is 4.64. The molecular weight excluding hydrogens is 311 g/mol. The third-order valence-corrected chi connectivity index (χ3v) is 5.36. The van der Waals surface area contributed by atoms with Crippen LogP contribution < -0.4 is 10.5 Å². The Kier molecular flexibility index (Phi) is 5.16. The molecule has 1 aromatic rings. The van der Waals surface area contributed by atoms with Gasteiger partial charge in [0.25, 0.3) is 0 Å². The van der Waals surface area contributed by atoms with Crippen molar-refractivity contribution in [1.29, 1.82) is 0 Å². The van der Waals surface area contributed by atoms with Gasteiger partial charge >= 0.3 is 0 Å². The first-order valence-corrected chi connectivity index (χ1v) is 9.03. The van der Waals surface area contributed by atoms with Crippen LogP contribution in [0.5, 0.6) is 0 Å². The second-order valence-electron chi connectivity index (χ2n) is 5.45. The highest BCUT2D eigenvalue weighted by Gasteiger charge is 2.21. The van der Waals surface area contributed by atoms with Crippen molar-refractivity contribution in [2.24, 2.45) is 11.7 Å². The first-order chi connectivity index (χ1) is 9.87. The molecular formula is C14H19FN2O2S2. The minimum atomic E-state index is -3.45. The van der Waals surface area contributed by atoms with Crippen LogP contribution in [0.1, 0.15) is 37.7 Å². The summed E-state index contributed by atoms with van der Waals surface area (Å²) in [7, 11) is -3.45. The maximum absolute atomic E-state index is 13.5. The van der Waals surface area contributed by atoms with Gasteiger partial charge in [-0.15, -0.1) is 0 Å². The van der Waals surface area contributed by atoms with Crippen molar-refractivity contribution in [2.45, 2.75) is 32.1 Å². The van der Waals surface area contributed by atoms with E-state index in [4.69, 9.17) is 18.0 Å². The highest BCUT2D eigenvalue weighted by Crippen LogP contribution is 2.25. The molecule has 0 radical (unpaired) electrons. The molecule has 4 nitrogen and oxygen atoms in total. The minimum Gasteiger partial charge on any atom is -0.389 e. The molecule has 1 aliphatic carbocycles. The van der Waals surface area contributed by atoms with Crippen LogP contribution in [-0.2, 0) is 10.0 Å². The fourth-order valence-corrected chi connectivity index (χ4v) is 4.34. The van der Waals surface area contributed by atoms with E-state index < -0.39 is 15.8 Å². The molecule has 0 aliphatic heterocycles. The standard InChI is InChI=1S/C14H19FN2O2S2/c15-13-7-6-11(8-12(13)14(16)20)17-21(18,19)9-10-4-2-1-3-5-10/h6-8,10,17H,1-5,9H2,(H2,16,20). The average Bonchev–Trinajstić information content (AvgIpc) is 2.41. The van der Waals surface area contributed by atoms with Gasteiger partial charge in [0, 0.05) is 11.3 Å². The molecule has 3 N–H and O–H groups in total. The summed E-state index contributed by atoms with van der Waals surface area (Å²) < 4.78 is 40.3. The van der Waals surface area contributed by atoms with E-state index in [0.29, 0.717) is 0 Å². The average molecular weight is 330 g/mol. The lowest BCUT2D eigenvalue weighted by molar-refractivity contribution is 0.385. The Hall–Kier alpha value is -1.21. The van der Waals surface area contributed by atoms with Crippen molar-refractivity contribution in [3.63, 3.8) is 0 Å². The van der Waals surface area contributed by atoms with E-state index in [1.807, 2.05) is 0 Å². The van der Waals surface area contributed by atoms with Crippen molar-refractivity contribution in [2.75, 3.05) is 10.5 Å².